The van der Waals surface area contributed by atoms with Gasteiger partial charge in [-0.15, -0.1) is 11.3 Å². The van der Waals surface area contributed by atoms with E-state index in [0.717, 1.165) is 38.1 Å². The number of halogens is 2. The highest BCUT2D eigenvalue weighted by molar-refractivity contribution is 7.16. The Morgan fingerprint density at radius 2 is 1.68 bits per heavy atom. The number of aromatic nitrogens is 1. The van der Waals surface area contributed by atoms with Crippen molar-refractivity contribution in [2.75, 3.05) is 5.43 Å². The van der Waals surface area contributed by atoms with E-state index in [1.807, 2.05) is 48.5 Å². The molecule has 4 nitrogen and oxygen atoms in total. The Bertz CT molecular complexity index is 1170. The molecular weight excluding hydrogens is 449 g/mol. The third-order valence-electron chi connectivity index (χ3n) is 4.54. The monoisotopic (exact) mass is 467 g/mol. The van der Waals surface area contributed by atoms with Crippen molar-refractivity contribution in [1.82, 2.24) is 4.98 Å². The molecule has 0 atom stereocenters. The minimum Gasteiger partial charge on any atom is -0.489 e. The van der Waals surface area contributed by atoms with Crippen LogP contribution in [0.4, 0.5) is 5.13 Å². The van der Waals surface area contributed by atoms with Gasteiger partial charge in [-0.2, -0.15) is 5.10 Å². The van der Waals surface area contributed by atoms with Crippen molar-refractivity contribution in [2.45, 2.75) is 13.5 Å². The van der Waals surface area contributed by atoms with Crippen LogP contribution in [0.1, 0.15) is 16.0 Å². The van der Waals surface area contributed by atoms with Gasteiger partial charge in [-0.25, -0.2) is 4.98 Å². The van der Waals surface area contributed by atoms with Crippen molar-refractivity contribution in [3.05, 3.63) is 98.8 Å². The van der Waals surface area contributed by atoms with E-state index in [4.69, 9.17) is 27.9 Å². The number of aryl methyl sites for hydroxylation is 1. The molecule has 0 fully saturated rings. The van der Waals surface area contributed by atoms with E-state index in [-0.39, 0.29) is 0 Å². The van der Waals surface area contributed by atoms with Crippen LogP contribution in [0.25, 0.3) is 11.3 Å². The van der Waals surface area contributed by atoms with Gasteiger partial charge in [-0.1, -0.05) is 59.6 Å². The Kier molecular flexibility index (Phi) is 6.87. The van der Waals surface area contributed by atoms with Crippen molar-refractivity contribution < 1.29 is 4.74 Å². The number of hydrazone groups is 1. The summed E-state index contributed by atoms with van der Waals surface area (Å²) < 4.78 is 5.80. The van der Waals surface area contributed by atoms with Gasteiger partial charge in [-0.05, 0) is 48.9 Å². The Balaban J connectivity index is 1.35. The second-order valence-corrected chi connectivity index (χ2v) is 8.74. The van der Waals surface area contributed by atoms with Gasteiger partial charge in [0.1, 0.15) is 12.4 Å². The smallest absolute Gasteiger partial charge is 0.204 e. The fraction of sp³-hybridized carbons (Fsp3) is 0.0833. The van der Waals surface area contributed by atoms with Crippen molar-refractivity contribution in [3.8, 4) is 17.0 Å². The lowest BCUT2D eigenvalue weighted by atomic mass is 10.1. The first kappa shape index (κ1) is 21.4. The van der Waals surface area contributed by atoms with Gasteiger partial charge in [0, 0.05) is 26.0 Å². The fourth-order valence-electron chi connectivity index (χ4n) is 2.95. The molecule has 0 saturated carbocycles. The highest BCUT2D eigenvalue weighted by atomic mass is 35.5. The third-order valence-corrected chi connectivity index (χ3v) is 6.13. The molecule has 0 aliphatic heterocycles. The molecule has 0 spiro atoms. The van der Waals surface area contributed by atoms with Crippen LogP contribution in [0.5, 0.6) is 5.75 Å². The van der Waals surface area contributed by atoms with Gasteiger partial charge in [-0.3, -0.25) is 5.43 Å². The molecule has 0 aliphatic rings. The number of thiazole rings is 1. The van der Waals surface area contributed by atoms with Gasteiger partial charge in [0.15, 0.2) is 0 Å². The normalized spacial score (nSPS) is 11.1. The number of nitrogens with one attached hydrogen (secondary N) is 1. The van der Waals surface area contributed by atoms with E-state index in [1.54, 1.807) is 29.7 Å². The number of nitrogens with zero attached hydrogens (tertiary/aromatic N) is 2. The molecule has 0 radical (unpaired) electrons. The summed E-state index contributed by atoms with van der Waals surface area (Å²) in [6.45, 7) is 2.37. The number of rotatable bonds is 7. The maximum absolute atomic E-state index is 6.18. The van der Waals surface area contributed by atoms with Gasteiger partial charge >= 0.3 is 0 Å². The zero-order chi connectivity index (χ0) is 21.6. The first-order valence-electron chi connectivity index (χ1n) is 9.58. The predicted octanol–water partition coefficient (Wildman–Crippen LogP) is 7.45. The van der Waals surface area contributed by atoms with Crippen LogP contribution in [0.2, 0.25) is 10.0 Å². The predicted molar refractivity (Wildman–Crippen MR) is 131 cm³/mol. The highest BCUT2D eigenvalue weighted by Gasteiger charge is 2.09. The molecule has 1 heterocycles. The minimum absolute atomic E-state index is 0.306. The number of anilines is 1. The van der Waals surface area contributed by atoms with Crippen molar-refractivity contribution in [2.24, 2.45) is 5.10 Å². The summed E-state index contributed by atoms with van der Waals surface area (Å²) in [6.07, 6.45) is 1.74. The van der Waals surface area contributed by atoms with E-state index in [0.29, 0.717) is 16.7 Å². The molecule has 4 rings (SSSR count). The quantitative estimate of drug-likeness (QED) is 0.226. The summed E-state index contributed by atoms with van der Waals surface area (Å²) in [5.41, 5.74) is 6.80. The molecule has 0 bridgehead atoms. The fourth-order valence-corrected chi connectivity index (χ4v) is 4.24. The summed E-state index contributed by atoms with van der Waals surface area (Å²) in [4.78, 5) is 5.79. The number of hydrogen-bond donors (Lipinski definition) is 1. The molecule has 1 aromatic heterocycles. The molecule has 0 unspecified atom stereocenters. The van der Waals surface area contributed by atoms with E-state index in [1.165, 1.54) is 0 Å². The van der Waals surface area contributed by atoms with E-state index >= 15 is 0 Å². The van der Waals surface area contributed by atoms with Crippen LogP contribution in [-0.4, -0.2) is 11.2 Å². The molecule has 1 N–H and O–H groups in total. The SMILES string of the molecule is Cc1sc(NN=Cc2ccc(OCc3c(Cl)cccc3Cl)cc2)nc1-c1ccccc1. The molecule has 3 aromatic carbocycles. The Morgan fingerprint density at radius 1 is 0.968 bits per heavy atom. The van der Waals surface area contributed by atoms with Crippen LogP contribution in [0.15, 0.2) is 77.9 Å². The van der Waals surface area contributed by atoms with Crippen LogP contribution in [0.3, 0.4) is 0 Å². The summed E-state index contributed by atoms with van der Waals surface area (Å²) in [5.74, 6) is 0.726. The third kappa shape index (κ3) is 5.44. The van der Waals surface area contributed by atoms with Gasteiger partial charge in [0.05, 0.1) is 11.9 Å². The first-order chi connectivity index (χ1) is 15.1. The standard InChI is InChI=1S/C24H19Cl2N3OS/c1-16-23(18-6-3-2-4-7-18)28-24(31-16)29-27-14-17-10-12-19(13-11-17)30-15-20-21(25)8-5-9-22(20)26/h2-14H,15H2,1H3,(H,28,29). The highest BCUT2D eigenvalue weighted by Crippen LogP contribution is 2.30. The topological polar surface area (TPSA) is 46.5 Å². The van der Waals surface area contributed by atoms with Gasteiger partial charge < -0.3 is 4.74 Å². The van der Waals surface area contributed by atoms with Gasteiger partial charge in [0.25, 0.3) is 0 Å². The van der Waals surface area contributed by atoms with E-state index < -0.39 is 0 Å². The molecule has 0 amide bonds. The van der Waals surface area contributed by atoms with Crippen molar-refractivity contribution >= 4 is 45.9 Å². The molecule has 156 valence electrons. The van der Waals surface area contributed by atoms with Crippen molar-refractivity contribution in [3.63, 3.8) is 0 Å². The molecule has 0 saturated heterocycles. The minimum atomic E-state index is 0.306. The molecule has 7 heteroatoms. The van der Waals surface area contributed by atoms with Crippen molar-refractivity contribution in [1.29, 1.82) is 0 Å². The molecular formula is C24H19Cl2N3OS. The lowest BCUT2D eigenvalue weighted by Crippen LogP contribution is -1.97. The molecule has 4 aromatic rings. The summed E-state index contributed by atoms with van der Waals surface area (Å²) >= 11 is 13.9. The Hall–Kier alpha value is -2.86. The van der Waals surface area contributed by atoms with E-state index in [9.17, 15) is 0 Å². The Morgan fingerprint density at radius 3 is 2.39 bits per heavy atom. The first-order valence-corrected chi connectivity index (χ1v) is 11.1. The van der Waals surface area contributed by atoms with Crippen LogP contribution in [-0.2, 0) is 6.61 Å². The summed E-state index contributed by atoms with van der Waals surface area (Å²) in [6, 6.07) is 23.1. The summed E-state index contributed by atoms with van der Waals surface area (Å²) in [5, 5.41) is 6.24. The number of benzene rings is 3. The number of ether oxygens (including phenoxy) is 1. The van der Waals surface area contributed by atoms with Gasteiger partial charge in [0.2, 0.25) is 5.13 Å². The zero-order valence-corrected chi connectivity index (χ0v) is 19.0. The Labute approximate surface area is 195 Å². The van der Waals surface area contributed by atoms with Crippen LogP contribution in [0, 0.1) is 6.92 Å². The lowest BCUT2D eigenvalue weighted by molar-refractivity contribution is 0.306. The molecule has 0 aliphatic carbocycles. The zero-order valence-electron chi connectivity index (χ0n) is 16.7. The maximum Gasteiger partial charge on any atom is 0.204 e. The van der Waals surface area contributed by atoms with Crippen LogP contribution < -0.4 is 10.2 Å². The van der Waals surface area contributed by atoms with Crippen LogP contribution >= 0.6 is 34.5 Å². The second-order valence-electron chi connectivity index (χ2n) is 6.72. The average Bonchev–Trinajstić information content (AvgIpc) is 3.15. The maximum atomic E-state index is 6.18. The number of hydrogen-bond acceptors (Lipinski definition) is 5. The lowest BCUT2D eigenvalue weighted by Gasteiger charge is -2.09. The second kappa shape index (κ2) is 9.96. The largest absolute Gasteiger partial charge is 0.489 e. The van der Waals surface area contributed by atoms with E-state index in [2.05, 4.69) is 34.6 Å². The molecule has 31 heavy (non-hydrogen) atoms. The summed E-state index contributed by atoms with van der Waals surface area (Å²) in [7, 11) is 0. The average molecular weight is 468 g/mol.